The van der Waals surface area contributed by atoms with Gasteiger partial charge in [0.1, 0.15) is 0 Å². The summed E-state index contributed by atoms with van der Waals surface area (Å²) in [5, 5.41) is 13.2. The first-order chi connectivity index (χ1) is 14.7. The van der Waals surface area contributed by atoms with Crippen LogP contribution in [0.5, 0.6) is 11.5 Å². The Labute approximate surface area is 179 Å². The van der Waals surface area contributed by atoms with Gasteiger partial charge in [-0.15, -0.1) is 10.2 Å². The number of methoxy groups -OCH3 is 2. The molecule has 0 fully saturated rings. The molecule has 9 heteroatoms. The number of aromatic nitrogens is 3. The van der Waals surface area contributed by atoms with Crippen molar-refractivity contribution in [2.75, 3.05) is 20.0 Å². The van der Waals surface area contributed by atoms with E-state index in [-0.39, 0.29) is 11.7 Å². The summed E-state index contributed by atoms with van der Waals surface area (Å²) in [6, 6.07) is 15.1. The van der Waals surface area contributed by atoms with Crippen LogP contribution in [-0.2, 0) is 11.3 Å². The van der Waals surface area contributed by atoms with Gasteiger partial charge < -0.3 is 14.0 Å². The third kappa shape index (κ3) is 5.18. The third-order valence-electron chi connectivity index (χ3n) is 4.21. The van der Waals surface area contributed by atoms with Crippen molar-refractivity contribution >= 4 is 23.9 Å². The molecular formula is C21H23N5O3S. The summed E-state index contributed by atoms with van der Waals surface area (Å²) >= 11 is 1.31. The number of ether oxygens (including phenoxy) is 2. The highest BCUT2D eigenvalue weighted by Gasteiger charge is 2.16. The number of nitrogens with zero attached hydrogens (tertiary/aromatic N) is 4. The molecule has 3 rings (SSSR count). The lowest BCUT2D eigenvalue weighted by atomic mass is 10.2. The lowest BCUT2D eigenvalue weighted by Crippen LogP contribution is -2.20. The first-order valence-corrected chi connectivity index (χ1v) is 10.3. The van der Waals surface area contributed by atoms with Gasteiger partial charge in [-0.2, -0.15) is 5.10 Å². The fraction of sp³-hybridized carbons (Fsp3) is 0.238. The van der Waals surface area contributed by atoms with E-state index < -0.39 is 0 Å². The molecule has 2 aromatic carbocycles. The van der Waals surface area contributed by atoms with Crippen LogP contribution in [0, 0.1) is 0 Å². The second-order valence-corrected chi connectivity index (χ2v) is 7.06. The van der Waals surface area contributed by atoms with E-state index in [0.29, 0.717) is 29.0 Å². The number of rotatable bonds is 9. The maximum absolute atomic E-state index is 12.1. The van der Waals surface area contributed by atoms with Crippen molar-refractivity contribution in [1.82, 2.24) is 20.2 Å². The van der Waals surface area contributed by atoms with E-state index in [1.807, 2.05) is 60.0 Å². The molecule has 0 saturated heterocycles. The minimum absolute atomic E-state index is 0.177. The molecule has 0 aliphatic carbocycles. The molecule has 1 N–H and O–H groups in total. The predicted molar refractivity (Wildman–Crippen MR) is 117 cm³/mol. The standard InChI is InChI=1S/C21H23N5O3S/c1-4-26-20(16-10-11-17(28-2)18(12-16)29-3)24-25-21(26)30-14-19(27)23-22-13-15-8-6-5-7-9-15/h5-13H,4,14H2,1-3H3,(H,23,27)/b22-13+. The summed E-state index contributed by atoms with van der Waals surface area (Å²) in [7, 11) is 3.18. The SMILES string of the molecule is CCn1c(SCC(=O)N/N=C/c2ccccc2)nnc1-c1ccc(OC)c(OC)c1. The van der Waals surface area contributed by atoms with Crippen LogP contribution in [0.15, 0.2) is 58.8 Å². The van der Waals surface area contributed by atoms with Crippen LogP contribution in [0.1, 0.15) is 12.5 Å². The van der Waals surface area contributed by atoms with E-state index in [1.54, 1.807) is 20.4 Å². The highest BCUT2D eigenvalue weighted by Crippen LogP contribution is 2.32. The Morgan fingerprint density at radius 2 is 1.90 bits per heavy atom. The van der Waals surface area contributed by atoms with Crippen LogP contribution < -0.4 is 14.9 Å². The molecule has 0 spiro atoms. The molecule has 0 radical (unpaired) electrons. The molecule has 1 heterocycles. The van der Waals surface area contributed by atoms with Gasteiger partial charge in [0.25, 0.3) is 5.91 Å². The van der Waals surface area contributed by atoms with Crippen LogP contribution in [-0.4, -0.2) is 46.9 Å². The highest BCUT2D eigenvalue weighted by molar-refractivity contribution is 7.99. The third-order valence-corrected chi connectivity index (χ3v) is 5.18. The molecule has 0 aliphatic rings. The predicted octanol–water partition coefficient (Wildman–Crippen LogP) is 3.22. The number of nitrogens with one attached hydrogen (secondary N) is 1. The minimum atomic E-state index is -0.217. The smallest absolute Gasteiger partial charge is 0.250 e. The van der Waals surface area contributed by atoms with Crippen molar-refractivity contribution in [3.63, 3.8) is 0 Å². The first kappa shape index (κ1) is 21.4. The van der Waals surface area contributed by atoms with Gasteiger partial charge in [0.2, 0.25) is 0 Å². The molecule has 0 unspecified atom stereocenters. The summed E-state index contributed by atoms with van der Waals surface area (Å²) in [4.78, 5) is 12.1. The summed E-state index contributed by atoms with van der Waals surface area (Å²) in [6.45, 7) is 2.66. The molecule has 1 aromatic heterocycles. The molecule has 3 aromatic rings. The molecule has 0 aliphatic heterocycles. The van der Waals surface area contributed by atoms with E-state index in [4.69, 9.17) is 9.47 Å². The molecule has 156 valence electrons. The van der Waals surface area contributed by atoms with E-state index in [2.05, 4.69) is 20.7 Å². The normalized spacial score (nSPS) is 10.9. The van der Waals surface area contributed by atoms with Crippen molar-refractivity contribution in [2.24, 2.45) is 5.10 Å². The van der Waals surface area contributed by atoms with Crippen molar-refractivity contribution in [3.8, 4) is 22.9 Å². The topological polar surface area (TPSA) is 90.6 Å². The van der Waals surface area contributed by atoms with Crippen LogP contribution >= 0.6 is 11.8 Å². The number of carbonyl (C=O) groups excluding carboxylic acids is 1. The van der Waals surface area contributed by atoms with Crippen molar-refractivity contribution in [3.05, 3.63) is 54.1 Å². The average molecular weight is 426 g/mol. The van der Waals surface area contributed by atoms with E-state index in [1.165, 1.54) is 11.8 Å². The van der Waals surface area contributed by atoms with Gasteiger partial charge in [-0.05, 0) is 30.7 Å². The maximum Gasteiger partial charge on any atom is 0.250 e. The van der Waals surface area contributed by atoms with E-state index >= 15 is 0 Å². The quantitative estimate of drug-likeness (QED) is 0.322. The van der Waals surface area contributed by atoms with Crippen molar-refractivity contribution < 1.29 is 14.3 Å². The Morgan fingerprint density at radius 1 is 1.13 bits per heavy atom. The van der Waals surface area contributed by atoms with Gasteiger partial charge in [0.15, 0.2) is 22.5 Å². The highest BCUT2D eigenvalue weighted by atomic mass is 32.2. The lowest BCUT2D eigenvalue weighted by Gasteiger charge is -2.10. The van der Waals surface area contributed by atoms with Crippen LogP contribution in [0.2, 0.25) is 0 Å². The zero-order valence-electron chi connectivity index (χ0n) is 17.0. The Balaban J connectivity index is 1.66. The Kier molecular flexibility index (Phi) is 7.45. The van der Waals surface area contributed by atoms with Gasteiger partial charge in [0, 0.05) is 12.1 Å². The number of amides is 1. The summed E-state index contributed by atoms with van der Waals surface area (Å²) in [5.74, 6) is 1.92. The monoisotopic (exact) mass is 425 g/mol. The van der Waals surface area contributed by atoms with Gasteiger partial charge in [-0.25, -0.2) is 5.43 Å². The second kappa shape index (κ2) is 10.4. The average Bonchev–Trinajstić information content (AvgIpc) is 3.20. The number of hydrazone groups is 1. The molecule has 8 nitrogen and oxygen atoms in total. The maximum atomic E-state index is 12.1. The molecule has 0 saturated carbocycles. The summed E-state index contributed by atoms with van der Waals surface area (Å²) in [5.41, 5.74) is 4.29. The number of benzene rings is 2. The molecule has 30 heavy (non-hydrogen) atoms. The van der Waals surface area contributed by atoms with E-state index in [0.717, 1.165) is 11.1 Å². The molecular weight excluding hydrogens is 402 g/mol. The Bertz CT molecular complexity index is 1020. The Morgan fingerprint density at radius 3 is 2.60 bits per heavy atom. The number of thioether (sulfide) groups is 1. The number of hydrogen-bond donors (Lipinski definition) is 1. The van der Waals surface area contributed by atoms with Gasteiger partial charge in [-0.1, -0.05) is 42.1 Å². The lowest BCUT2D eigenvalue weighted by molar-refractivity contribution is -0.118. The number of carbonyl (C=O) groups is 1. The van der Waals surface area contributed by atoms with Gasteiger partial charge in [0.05, 0.1) is 26.2 Å². The fourth-order valence-corrected chi connectivity index (χ4v) is 3.54. The van der Waals surface area contributed by atoms with Crippen LogP contribution in [0.4, 0.5) is 0 Å². The van der Waals surface area contributed by atoms with Crippen molar-refractivity contribution in [1.29, 1.82) is 0 Å². The zero-order valence-corrected chi connectivity index (χ0v) is 17.8. The largest absolute Gasteiger partial charge is 0.493 e. The first-order valence-electron chi connectivity index (χ1n) is 9.31. The van der Waals surface area contributed by atoms with Gasteiger partial charge >= 0.3 is 0 Å². The molecule has 1 amide bonds. The van der Waals surface area contributed by atoms with Crippen LogP contribution in [0.25, 0.3) is 11.4 Å². The Hall–Kier alpha value is -3.33. The molecule has 0 bridgehead atoms. The molecule has 0 atom stereocenters. The van der Waals surface area contributed by atoms with E-state index in [9.17, 15) is 4.79 Å². The minimum Gasteiger partial charge on any atom is -0.493 e. The second-order valence-electron chi connectivity index (χ2n) is 6.11. The van der Waals surface area contributed by atoms with Gasteiger partial charge in [-0.3, -0.25) is 4.79 Å². The van der Waals surface area contributed by atoms with Crippen molar-refractivity contribution in [2.45, 2.75) is 18.6 Å². The zero-order chi connectivity index (χ0) is 21.3. The van der Waals surface area contributed by atoms with Crippen LogP contribution in [0.3, 0.4) is 0 Å². The number of hydrogen-bond acceptors (Lipinski definition) is 7. The fourth-order valence-electron chi connectivity index (χ4n) is 2.75. The summed E-state index contributed by atoms with van der Waals surface area (Å²) in [6.07, 6.45) is 1.60. The summed E-state index contributed by atoms with van der Waals surface area (Å²) < 4.78 is 12.6.